The minimum Gasteiger partial charge on any atom is -0.479 e. The first kappa shape index (κ1) is 68.8. The van der Waals surface area contributed by atoms with Gasteiger partial charge in [-0.05, 0) is 26.8 Å². The van der Waals surface area contributed by atoms with Gasteiger partial charge in [-0.3, -0.25) is 18.2 Å². The maximum absolute atomic E-state index is 12.8. The highest BCUT2D eigenvalue weighted by Gasteiger charge is 2.60. The van der Waals surface area contributed by atoms with Gasteiger partial charge < -0.3 is 115 Å². The van der Waals surface area contributed by atoms with Crippen LogP contribution >= 0.6 is 0 Å². The summed E-state index contributed by atoms with van der Waals surface area (Å²) in [5.41, 5.74) is 18.4. The van der Waals surface area contributed by atoms with Gasteiger partial charge in [-0.2, -0.15) is 33.7 Å². The summed E-state index contributed by atoms with van der Waals surface area (Å²) in [4.78, 5) is 37.1. The molecule has 6 aliphatic heterocycles. The Morgan fingerprint density at radius 3 is 1.14 bits per heavy atom. The lowest BCUT2D eigenvalue weighted by molar-refractivity contribution is -0.369. The van der Waals surface area contributed by atoms with Crippen molar-refractivity contribution in [3.63, 3.8) is 0 Å². The quantitative estimate of drug-likeness (QED) is 0.0448. The van der Waals surface area contributed by atoms with Gasteiger partial charge in [0.25, 0.3) is 0 Å². The molecule has 28 atom stereocenters. The van der Waals surface area contributed by atoms with Crippen LogP contribution in [0.2, 0.25) is 0 Å². The Bertz CT molecular complexity index is 2800. The molecule has 12 unspecified atom stereocenters. The summed E-state index contributed by atoms with van der Waals surface area (Å²) in [5.74, 6) is -6.93. The molecule has 0 radical (unpaired) electrons. The summed E-state index contributed by atoms with van der Waals surface area (Å²) in [5, 5.41) is 86.3. The third-order valence-electron chi connectivity index (χ3n) is 13.1. The van der Waals surface area contributed by atoms with Crippen molar-refractivity contribution in [1.29, 1.82) is 0 Å². The van der Waals surface area contributed by atoms with Crippen LogP contribution in [0.25, 0.3) is 0 Å². The third-order valence-corrected chi connectivity index (χ3v) is 14.9. The van der Waals surface area contributed by atoms with E-state index >= 15 is 0 Å². The Morgan fingerprint density at radius 1 is 0.434 bits per heavy atom. The van der Waals surface area contributed by atoms with E-state index in [1.807, 2.05) is 0 Å². The average Bonchev–Trinajstić information content (AvgIpc) is 3.34. The molecular weight excluding hydrogens is 1240 g/mol. The number of carboxylic acid groups (broad SMARTS) is 3. The molecule has 0 saturated carbocycles. The van der Waals surface area contributed by atoms with Crippen LogP contribution < -0.4 is 17.2 Å². The van der Waals surface area contributed by atoms with E-state index in [1.54, 1.807) is 0 Å². The summed E-state index contributed by atoms with van der Waals surface area (Å²) in [7, 11) is -21.2. The van der Waals surface area contributed by atoms with E-state index in [1.165, 1.54) is 6.92 Å². The molecule has 6 rings (SSSR count). The van der Waals surface area contributed by atoms with Crippen LogP contribution in [0.1, 0.15) is 20.8 Å². The molecule has 0 amide bonds. The molecule has 6 aliphatic rings. The van der Waals surface area contributed by atoms with Gasteiger partial charge in [-0.15, -0.1) is 0 Å². The van der Waals surface area contributed by atoms with Gasteiger partial charge in [0, 0.05) is 7.11 Å². The van der Waals surface area contributed by atoms with Crippen molar-refractivity contribution in [3.8, 4) is 0 Å². The van der Waals surface area contributed by atoms with Gasteiger partial charge in [0.2, 0.25) is 12.0 Å². The van der Waals surface area contributed by atoms with Crippen molar-refractivity contribution in [1.82, 2.24) is 0 Å². The van der Waals surface area contributed by atoms with Crippen LogP contribution in [0, 0.1) is 0 Å². The van der Waals surface area contributed by atoms with Gasteiger partial charge in [-0.25, -0.2) is 31.1 Å². The standard InChI is InChI=1S/C37H59N3O39S4/c1-6-18(69-35-21(76-80(52,53)54)9(41)5-10(68-35)29(46)47)14(42)11(38)33(66-6)72-23-16(44)25(78-82(58,59)60)36(74-27(23)30(48)49)70-19-7(2)67-34(12(39)15(19)43)73-24-17(45)26(79-83(61,62)63)37(75-28(24)31(50)51)71-20-8(3)65-32(64-4)13(40)22(20)77-81(55,56)57/h5-9,11-28,32-37,41-45H,38-40H2,1-4H3,(H,46,47)(H,48,49)(H,50,51)(H,52,53,54)(H,55,56,57)(H,58,59,60)(H,61,62,63)/t6?,7?,8?,9?,11?,12?,13?,14?,15-,16?,17?,18-,19-,20-,21+,22-,23-,24-,25+,26+,27?,28?,32+,33-,34-,35+,36-,37-/m1/s1. The third kappa shape index (κ3) is 16.6. The molecule has 46 heteroatoms. The molecule has 0 bridgehead atoms. The number of hydrogen-bond acceptors (Lipinski definition) is 35. The number of aliphatic carboxylic acids is 3. The second-order valence-corrected chi connectivity index (χ2v) is 23.0. The Morgan fingerprint density at radius 2 is 0.771 bits per heavy atom. The van der Waals surface area contributed by atoms with E-state index in [0.717, 1.165) is 21.0 Å². The van der Waals surface area contributed by atoms with Gasteiger partial charge in [0.15, 0.2) is 62.0 Å². The summed E-state index contributed by atoms with van der Waals surface area (Å²) < 4.78 is 218. The van der Waals surface area contributed by atoms with E-state index in [-0.39, 0.29) is 0 Å². The number of carboxylic acids is 3. The van der Waals surface area contributed by atoms with E-state index in [4.69, 9.17) is 74.0 Å². The lowest BCUT2D eigenvalue weighted by Crippen LogP contribution is -2.69. The van der Waals surface area contributed by atoms with Crippen LogP contribution in [-0.2, 0) is 130 Å². The molecular formula is C37H59N3O39S4. The van der Waals surface area contributed by atoms with Gasteiger partial charge in [0.1, 0.15) is 67.1 Å². The fraction of sp³-hybridized carbons (Fsp3) is 0.865. The van der Waals surface area contributed by atoms with Crippen LogP contribution in [0.4, 0.5) is 0 Å². The second-order valence-electron chi connectivity index (χ2n) is 18.9. The number of carbonyl (C=O) groups is 3. The first-order valence-corrected chi connectivity index (χ1v) is 29.0. The number of rotatable bonds is 22. The van der Waals surface area contributed by atoms with Gasteiger partial charge >= 0.3 is 59.5 Å². The zero-order valence-electron chi connectivity index (χ0n) is 42.5. The summed E-state index contributed by atoms with van der Waals surface area (Å²) in [6.45, 7) is 3.32. The normalized spacial score (nSPS) is 44.0. The number of methoxy groups -OCH3 is 1. The Hall–Kier alpha value is -3.33. The van der Waals surface area contributed by atoms with Crippen LogP contribution in [0.5, 0.6) is 0 Å². The fourth-order valence-electron chi connectivity index (χ4n) is 9.33. The number of aliphatic hydroxyl groups is 5. The molecule has 0 aromatic heterocycles. The Labute approximate surface area is 467 Å². The minimum atomic E-state index is -5.75. The summed E-state index contributed by atoms with van der Waals surface area (Å²) in [6, 6.07) is -5.67. The lowest BCUT2D eigenvalue weighted by atomic mass is 9.94. The molecule has 6 heterocycles. The second kappa shape index (κ2) is 26.6. The minimum absolute atomic E-state index is 0.475. The fourth-order valence-corrected chi connectivity index (χ4v) is 11.3. The molecule has 5 saturated heterocycles. The Balaban J connectivity index is 1.19. The SMILES string of the molecule is CO[C@H]1OC(C)[C@@H](O[C@@H]2OC(C(=O)O)[C@H](O[C@H]3OC(C)[C@@H](O[C@@H]4OC(C(=O)O)[C@H](O[C@H]5OC(C)[C@@H](O[C@@H]6OC(C(=O)O)=CC(O)[C@@H]6OS(=O)(=O)O)C(O)C5N)C(O)[C@@H]4OS(=O)(=O)O)[C@H](O)C3N)C(O)[C@@H]2OS(=O)(=O)O)[C@H](OS(=O)(=O)O)C1N. The van der Waals surface area contributed by atoms with Crippen molar-refractivity contribution < 1.29 is 181 Å². The molecule has 18 N–H and O–H groups in total. The van der Waals surface area contributed by atoms with Gasteiger partial charge in [0.05, 0.1) is 36.4 Å². The summed E-state index contributed by atoms with van der Waals surface area (Å²) >= 11 is 0. The van der Waals surface area contributed by atoms with E-state index in [2.05, 4.69) is 16.7 Å². The van der Waals surface area contributed by atoms with E-state index in [9.17, 15) is 107 Å². The van der Waals surface area contributed by atoms with E-state index in [0.29, 0.717) is 6.08 Å². The highest BCUT2D eigenvalue weighted by molar-refractivity contribution is 7.81. The number of nitrogens with two attached hydrogens (primary N) is 3. The van der Waals surface area contributed by atoms with Crippen LogP contribution in [-0.4, -0.2) is 290 Å². The molecule has 83 heavy (non-hydrogen) atoms. The average molecular weight is 1300 g/mol. The predicted molar refractivity (Wildman–Crippen MR) is 247 cm³/mol. The highest BCUT2D eigenvalue weighted by atomic mass is 32.3. The predicted octanol–water partition coefficient (Wildman–Crippen LogP) is -9.72. The molecule has 5 fully saturated rings. The largest absolute Gasteiger partial charge is 0.479 e. The van der Waals surface area contributed by atoms with Crippen molar-refractivity contribution >= 4 is 59.5 Å². The lowest BCUT2D eigenvalue weighted by Gasteiger charge is -2.49. The first-order chi connectivity index (χ1) is 38.1. The Kier molecular flexibility index (Phi) is 22.0. The summed E-state index contributed by atoms with van der Waals surface area (Å²) in [6.07, 6.45) is -54.4. The smallest absolute Gasteiger partial charge is 0.397 e. The van der Waals surface area contributed by atoms with Crippen molar-refractivity contribution in [2.24, 2.45) is 17.2 Å². The molecule has 42 nitrogen and oxygen atoms in total. The number of ether oxygens (including phenoxy) is 12. The van der Waals surface area contributed by atoms with Crippen molar-refractivity contribution in [2.75, 3.05) is 7.11 Å². The maximum Gasteiger partial charge on any atom is 0.397 e. The zero-order valence-corrected chi connectivity index (χ0v) is 45.8. The monoisotopic (exact) mass is 1300 g/mol. The molecule has 480 valence electrons. The molecule has 0 aromatic carbocycles. The van der Waals surface area contributed by atoms with Crippen molar-refractivity contribution in [2.45, 2.75) is 193 Å². The topological polar surface area (TPSA) is 656 Å². The molecule has 0 spiro atoms. The van der Waals surface area contributed by atoms with Crippen LogP contribution in [0.3, 0.4) is 0 Å². The first-order valence-electron chi connectivity index (χ1n) is 23.6. The van der Waals surface area contributed by atoms with Crippen LogP contribution in [0.15, 0.2) is 11.8 Å². The molecule has 0 aromatic rings. The highest BCUT2D eigenvalue weighted by Crippen LogP contribution is 2.38. The molecule has 0 aliphatic carbocycles. The maximum atomic E-state index is 12.8. The number of aliphatic hydroxyl groups excluding tert-OH is 5. The van der Waals surface area contributed by atoms with E-state index < -0.39 is 237 Å². The van der Waals surface area contributed by atoms with Crippen molar-refractivity contribution in [3.05, 3.63) is 11.8 Å². The zero-order chi connectivity index (χ0) is 62.5. The van der Waals surface area contributed by atoms with Gasteiger partial charge in [-0.1, -0.05) is 0 Å². The number of hydrogen-bond donors (Lipinski definition) is 15.